The van der Waals surface area contributed by atoms with Crippen molar-refractivity contribution in [3.05, 3.63) is 289 Å². The third-order valence-electron chi connectivity index (χ3n) is 14.5. The van der Waals surface area contributed by atoms with E-state index in [1.165, 1.54) is 38.9 Å². The molecule has 11 aromatic rings. The van der Waals surface area contributed by atoms with E-state index in [0.717, 1.165) is 61.9 Å². The van der Waals surface area contributed by atoms with Crippen molar-refractivity contribution in [2.24, 2.45) is 0 Å². The highest BCUT2D eigenvalue weighted by Crippen LogP contribution is 2.66. The molecule has 4 nitrogen and oxygen atoms in total. The normalized spacial score (nSPS) is 12.8. The van der Waals surface area contributed by atoms with Gasteiger partial charge < -0.3 is 19.3 Å². The summed E-state index contributed by atoms with van der Waals surface area (Å²) in [7, 11) is 0. The molecular weight excluding hydrogens is 865 g/mol. The maximum absolute atomic E-state index is 7.61. The van der Waals surface area contributed by atoms with E-state index in [-0.39, 0.29) is 0 Å². The van der Waals surface area contributed by atoms with Crippen LogP contribution in [0, 0.1) is 0 Å². The maximum Gasteiger partial charge on any atom is 0.196 e. The van der Waals surface area contributed by atoms with Crippen molar-refractivity contribution in [3.63, 3.8) is 0 Å². The Balaban J connectivity index is 1.02. The molecule has 0 atom stereocenters. The molecule has 4 heteroatoms. The maximum atomic E-state index is 7.61. The highest BCUT2D eigenvalue weighted by molar-refractivity contribution is 5.97. The van der Waals surface area contributed by atoms with Gasteiger partial charge in [0.25, 0.3) is 0 Å². The van der Waals surface area contributed by atoms with E-state index in [1.54, 1.807) is 0 Å². The zero-order valence-electron chi connectivity index (χ0n) is 38.6. The summed E-state index contributed by atoms with van der Waals surface area (Å²) in [4.78, 5) is 4.58. The van der Waals surface area contributed by atoms with Gasteiger partial charge in [-0.1, -0.05) is 194 Å². The predicted octanol–water partition coefficient (Wildman–Crippen LogP) is 18.2. The predicted molar refractivity (Wildman–Crippen MR) is 290 cm³/mol. The highest BCUT2D eigenvalue weighted by atomic mass is 16.6. The number of hydrogen-bond donors (Lipinski definition) is 0. The molecule has 0 aromatic heterocycles. The first-order chi connectivity index (χ1) is 35.2. The fourth-order valence-corrected chi connectivity index (χ4v) is 11.5. The molecule has 1 spiro atoms. The van der Waals surface area contributed by atoms with Crippen LogP contribution < -0.4 is 19.3 Å². The number of benzene rings is 11. The molecule has 0 unspecified atom stereocenters. The van der Waals surface area contributed by atoms with Crippen molar-refractivity contribution >= 4 is 34.1 Å². The lowest BCUT2D eigenvalue weighted by Gasteiger charge is -2.35. The molecule has 0 N–H and O–H groups in total. The second kappa shape index (κ2) is 16.4. The van der Waals surface area contributed by atoms with Gasteiger partial charge in [0.05, 0.1) is 16.8 Å². The Kier molecular flexibility index (Phi) is 9.39. The van der Waals surface area contributed by atoms with Crippen molar-refractivity contribution in [2.75, 3.05) is 9.80 Å². The summed E-state index contributed by atoms with van der Waals surface area (Å²) >= 11 is 0. The standard InChI is InChI=1S/C67H44N2O2/c1-5-21-45(22-6-1)47-25-19-31-51(41-47)68(49-27-9-3-10-28-49)61-39-40-62(69(50-29-11-4-12-30-50)52-32-20-26-48(42-52)46-23-7-2-8-24-46)66-65(61)70-63-43-56-55-35-15-18-38-59(55)67(60(56)44-64(63)71-66)57-36-16-13-33-53(57)54-34-14-17-37-58(54)67/h1-44H. The Morgan fingerprint density at radius 3 is 1.06 bits per heavy atom. The molecule has 71 heavy (non-hydrogen) atoms. The molecule has 0 saturated heterocycles. The molecule has 334 valence electrons. The van der Waals surface area contributed by atoms with E-state index in [0.29, 0.717) is 23.0 Å². The summed E-state index contributed by atoms with van der Waals surface area (Å²) in [5, 5.41) is 0. The number of rotatable bonds is 8. The quantitative estimate of drug-likeness (QED) is 0.152. The topological polar surface area (TPSA) is 24.9 Å². The number of anilines is 6. The molecule has 1 aliphatic heterocycles. The van der Waals surface area contributed by atoms with Gasteiger partial charge in [-0.05, 0) is 140 Å². The minimum atomic E-state index is -0.551. The summed E-state index contributed by atoms with van der Waals surface area (Å²) < 4.78 is 15.2. The number of hydrogen-bond acceptors (Lipinski definition) is 4. The van der Waals surface area contributed by atoms with Crippen LogP contribution in [0.25, 0.3) is 44.5 Å². The molecule has 11 aromatic carbocycles. The first kappa shape index (κ1) is 40.7. The first-order valence-electron chi connectivity index (χ1n) is 24.2. The molecular formula is C67H44N2O2. The van der Waals surface area contributed by atoms with Gasteiger partial charge in [0, 0.05) is 22.7 Å². The number of nitrogens with zero attached hydrogens (tertiary/aromatic N) is 2. The van der Waals surface area contributed by atoms with Crippen LogP contribution in [0.3, 0.4) is 0 Å². The lowest BCUT2D eigenvalue weighted by atomic mass is 9.70. The van der Waals surface area contributed by atoms with Gasteiger partial charge in [-0.3, -0.25) is 0 Å². The van der Waals surface area contributed by atoms with Crippen LogP contribution >= 0.6 is 0 Å². The summed E-state index contributed by atoms with van der Waals surface area (Å²) in [5.41, 5.74) is 19.4. The minimum absolute atomic E-state index is 0.551. The van der Waals surface area contributed by atoms with Gasteiger partial charge >= 0.3 is 0 Å². The van der Waals surface area contributed by atoms with Gasteiger partial charge in [-0.15, -0.1) is 0 Å². The van der Waals surface area contributed by atoms with Crippen LogP contribution in [-0.4, -0.2) is 0 Å². The Hall–Kier alpha value is -9.38. The monoisotopic (exact) mass is 908 g/mol. The summed E-state index contributed by atoms with van der Waals surface area (Å²) in [5.74, 6) is 2.54. The van der Waals surface area contributed by atoms with Crippen LogP contribution in [0.2, 0.25) is 0 Å². The number of ether oxygens (including phenoxy) is 2. The van der Waals surface area contributed by atoms with Crippen LogP contribution in [0.4, 0.5) is 34.1 Å². The molecule has 0 fully saturated rings. The minimum Gasteiger partial charge on any atom is -0.447 e. The van der Waals surface area contributed by atoms with Gasteiger partial charge in [0.2, 0.25) is 0 Å². The van der Waals surface area contributed by atoms with E-state index in [9.17, 15) is 0 Å². The summed E-state index contributed by atoms with van der Waals surface area (Å²) in [6.45, 7) is 0. The lowest BCUT2D eigenvalue weighted by Crippen LogP contribution is -2.26. The lowest BCUT2D eigenvalue weighted by molar-refractivity contribution is 0.361. The molecule has 1 heterocycles. The van der Waals surface area contributed by atoms with Crippen LogP contribution in [0.1, 0.15) is 22.3 Å². The smallest absolute Gasteiger partial charge is 0.196 e. The number of fused-ring (bicyclic) bond motifs is 12. The van der Waals surface area contributed by atoms with Crippen molar-refractivity contribution in [1.29, 1.82) is 0 Å². The van der Waals surface area contributed by atoms with Gasteiger partial charge in [-0.25, -0.2) is 0 Å². The average Bonchev–Trinajstić information content (AvgIpc) is 3.91. The van der Waals surface area contributed by atoms with E-state index in [2.05, 4.69) is 277 Å². The van der Waals surface area contributed by atoms with Crippen molar-refractivity contribution in [3.8, 4) is 67.5 Å². The van der Waals surface area contributed by atoms with Crippen molar-refractivity contribution in [1.82, 2.24) is 0 Å². The highest BCUT2D eigenvalue weighted by Gasteiger charge is 2.52. The second-order valence-corrected chi connectivity index (χ2v) is 18.4. The van der Waals surface area contributed by atoms with E-state index in [4.69, 9.17) is 9.47 Å². The Morgan fingerprint density at radius 1 is 0.254 bits per heavy atom. The molecule has 0 saturated carbocycles. The molecule has 3 aliphatic rings. The van der Waals surface area contributed by atoms with E-state index >= 15 is 0 Å². The fraction of sp³-hybridized carbons (Fsp3) is 0.0149. The van der Waals surface area contributed by atoms with E-state index < -0.39 is 5.41 Å². The van der Waals surface area contributed by atoms with Crippen molar-refractivity contribution < 1.29 is 9.47 Å². The van der Waals surface area contributed by atoms with Gasteiger partial charge in [-0.2, -0.15) is 0 Å². The molecule has 14 rings (SSSR count). The Labute approximate surface area is 413 Å². The van der Waals surface area contributed by atoms with Gasteiger partial charge in [0.1, 0.15) is 0 Å². The van der Waals surface area contributed by atoms with Crippen LogP contribution in [0.15, 0.2) is 267 Å². The molecule has 2 aliphatic carbocycles. The summed E-state index contributed by atoms with van der Waals surface area (Å²) in [6.07, 6.45) is 0. The van der Waals surface area contributed by atoms with E-state index in [1.807, 2.05) is 0 Å². The Bertz CT molecular complexity index is 3790. The molecule has 0 amide bonds. The zero-order chi connectivity index (χ0) is 46.9. The SMILES string of the molecule is c1ccc(-c2cccc(N(c3ccccc3)c3ccc(N(c4ccccc4)c4cccc(-c5ccccc5)c4)c4c3Oc3cc5c(cc3O4)C3(c4ccccc4-c4ccccc43)c3ccccc3-5)c2)cc1. The fourth-order valence-electron chi connectivity index (χ4n) is 11.5. The average molecular weight is 909 g/mol. The van der Waals surface area contributed by atoms with Crippen molar-refractivity contribution in [2.45, 2.75) is 5.41 Å². The second-order valence-electron chi connectivity index (χ2n) is 18.4. The molecule has 0 radical (unpaired) electrons. The third kappa shape index (κ3) is 6.39. The number of para-hydroxylation sites is 2. The third-order valence-corrected chi connectivity index (χ3v) is 14.5. The van der Waals surface area contributed by atoms with Crippen LogP contribution in [-0.2, 0) is 5.41 Å². The summed E-state index contributed by atoms with van der Waals surface area (Å²) in [6, 6.07) is 95.2. The Morgan fingerprint density at radius 2 is 0.606 bits per heavy atom. The zero-order valence-corrected chi connectivity index (χ0v) is 38.6. The first-order valence-corrected chi connectivity index (χ1v) is 24.2. The molecule has 0 bridgehead atoms. The van der Waals surface area contributed by atoms with Gasteiger partial charge in [0.15, 0.2) is 23.0 Å². The van der Waals surface area contributed by atoms with Crippen LogP contribution in [0.5, 0.6) is 23.0 Å². The largest absolute Gasteiger partial charge is 0.447 e.